The topological polar surface area (TPSA) is 64.3 Å². The quantitative estimate of drug-likeness (QED) is 0.780. The van der Waals surface area contributed by atoms with E-state index in [2.05, 4.69) is 9.97 Å². The van der Waals surface area contributed by atoms with Crippen molar-refractivity contribution in [1.82, 2.24) is 9.97 Å². The lowest BCUT2D eigenvalue weighted by molar-refractivity contribution is 0.345. The lowest BCUT2D eigenvalue weighted by atomic mass is 10.3. The molecule has 3 rings (SSSR count). The maximum Gasteiger partial charge on any atom is 0.245 e. The summed E-state index contributed by atoms with van der Waals surface area (Å²) >= 11 is 0. The predicted octanol–water partition coefficient (Wildman–Crippen LogP) is 1.55. The average Bonchev–Trinajstić information content (AvgIpc) is 2.75. The van der Waals surface area contributed by atoms with E-state index in [-0.39, 0.29) is 0 Å². The Balaban J connectivity index is 2.10. The van der Waals surface area contributed by atoms with Crippen LogP contribution in [0.3, 0.4) is 0 Å². The molecule has 1 aliphatic heterocycles. The number of fused-ring (bicyclic) bond motifs is 1. The van der Waals surface area contributed by atoms with Gasteiger partial charge in [-0.3, -0.25) is 0 Å². The summed E-state index contributed by atoms with van der Waals surface area (Å²) in [5.74, 6) is 0.975. The van der Waals surface area contributed by atoms with Crippen LogP contribution in [0.1, 0.15) is 0 Å². The molecule has 0 unspecified atom stereocenters. The van der Waals surface area contributed by atoms with Crippen LogP contribution in [-0.4, -0.2) is 16.7 Å². The summed E-state index contributed by atoms with van der Waals surface area (Å²) in [6.45, 7) is 0.419. The van der Waals surface area contributed by atoms with Crippen molar-refractivity contribution in [2.45, 2.75) is 0 Å². The molecule has 0 radical (unpaired) electrons. The van der Waals surface area contributed by atoms with Crippen molar-refractivity contribution < 1.29 is 4.74 Å². The number of rotatable bonds is 1. The van der Waals surface area contributed by atoms with Crippen LogP contribution in [-0.2, 0) is 0 Å². The molecule has 0 aliphatic carbocycles. The Morgan fingerprint density at radius 3 is 2.81 bits per heavy atom. The molecule has 2 N–H and O–H groups in total. The lowest BCUT2D eigenvalue weighted by Gasteiger charge is -2.16. The van der Waals surface area contributed by atoms with E-state index in [9.17, 15) is 0 Å². The van der Waals surface area contributed by atoms with Gasteiger partial charge in [0, 0.05) is 5.69 Å². The molecule has 0 saturated heterocycles. The zero-order valence-corrected chi connectivity index (χ0v) is 8.50. The molecule has 2 aromatic rings. The predicted molar refractivity (Wildman–Crippen MR) is 60.5 cm³/mol. The van der Waals surface area contributed by atoms with Gasteiger partial charge in [0.1, 0.15) is 12.0 Å². The maximum absolute atomic E-state index is 5.83. The first-order valence-electron chi connectivity index (χ1n) is 4.92. The fourth-order valence-electron chi connectivity index (χ4n) is 1.74. The molecular weight excluding hydrogens is 204 g/mol. The van der Waals surface area contributed by atoms with Gasteiger partial charge in [0.15, 0.2) is 12.5 Å². The van der Waals surface area contributed by atoms with E-state index in [4.69, 9.17) is 10.5 Å². The molecule has 16 heavy (non-hydrogen) atoms. The van der Waals surface area contributed by atoms with Crippen molar-refractivity contribution in [3.63, 3.8) is 0 Å². The summed E-state index contributed by atoms with van der Waals surface area (Å²) in [4.78, 5) is 9.96. The molecule has 0 atom stereocenters. The molecule has 5 nitrogen and oxygen atoms in total. The van der Waals surface area contributed by atoms with Crippen LogP contribution in [0.5, 0.6) is 5.88 Å². The minimum atomic E-state index is 0.419. The molecule has 5 heteroatoms. The van der Waals surface area contributed by atoms with Gasteiger partial charge in [-0.25, -0.2) is 4.98 Å². The van der Waals surface area contributed by atoms with Gasteiger partial charge in [-0.05, 0) is 12.1 Å². The lowest BCUT2D eigenvalue weighted by Crippen LogP contribution is -2.16. The number of ether oxygens (including phenoxy) is 1. The third-order valence-electron chi connectivity index (χ3n) is 2.49. The first-order valence-corrected chi connectivity index (χ1v) is 4.92. The molecule has 0 fully saturated rings. The van der Waals surface area contributed by atoms with Crippen LogP contribution in [0.25, 0.3) is 0 Å². The highest BCUT2D eigenvalue weighted by Crippen LogP contribution is 2.39. The normalized spacial score (nSPS) is 13.4. The third-order valence-corrected chi connectivity index (χ3v) is 2.49. The second-order valence-corrected chi connectivity index (χ2v) is 3.45. The molecule has 0 saturated carbocycles. The van der Waals surface area contributed by atoms with Crippen molar-refractivity contribution in [3.8, 4) is 5.88 Å². The fourth-order valence-corrected chi connectivity index (χ4v) is 1.74. The van der Waals surface area contributed by atoms with Gasteiger partial charge in [0.25, 0.3) is 0 Å². The Morgan fingerprint density at radius 1 is 1.19 bits per heavy atom. The summed E-state index contributed by atoms with van der Waals surface area (Å²) in [5.41, 5.74) is 7.59. The van der Waals surface area contributed by atoms with E-state index >= 15 is 0 Å². The number of hydrogen-bond donors (Lipinski definition) is 1. The van der Waals surface area contributed by atoms with Crippen LogP contribution < -0.4 is 15.4 Å². The summed E-state index contributed by atoms with van der Waals surface area (Å²) in [5, 5.41) is 0. The van der Waals surface area contributed by atoms with E-state index in [0.29, 0.717) is 18.4 Å². The summed E-state index contributed by atoms with van der Waals surface area (Å²) in [6, 6.07) is 9.88. The van der Waals surface area contributed by atoms with Crippen LogP contribution in [0.4, 0.5) is 17.2 Å². The van der Waals surface area contributed by atoms with Gasteiger partial charge in [0.2, 0.25) is 5.88 Å². The highest BCUT2D eigenvalue weighted by molar-refractivity contribution is 5.78. The summed E-state index contributed by atoms with van der Waals surface area (Å²) in [7, 11) is 0. The molecule has 0 spiro atoms. The molecule has 1 aromatic heterocycles. The van der Waals surface area contributed by atoms with Crippen molar-refractivity contribution in [3.05, 3.63) is 36.7 Å². The first kappa shape index (κ1) is 8.96. The van der Waals surface area contributed by atoms with Gasteiger partial charge in [-0.15, -0.1) is 0 Å². The Hall–Kier alpha value is -2.30. The number of nitrogens with two attached hydrogens (primary N) is 1. The number of para-hydroxylation sites is 1. The minimum Gasteiger partial charge on any atom is -0.454 e. The molecule has 1 aliphatic rings. The molecule has 2 heterocycles. The number of aromatic nitrogens is 2. The van der Waals surface area contributed by atoms with E-state index < -0.39 is 0 Å². The third kappa shape index (κ3) is 1.25. The second kappa shape index (κ2) is 3.37. The zero-order valence-electron chi connectivity index (χ0n) is 8.50. The van der Waals surface area contributed by atoms with E-state index in [1.807, 2.05) is 35.2 Å². The highest BCUT2D eigenvalue weighted by atomic mass is 16.5. The molecule has 0 bridgehead atoms. The standard InChI is InChI=1S/C11H10N4O/c12-10-9-11(14-6-13-10)16-7-15(9)8-4-2-1-3-5-8/h1-6H,7H2,(H2,12,13,14). The summed E-state index contributed by atoms with van der Waals surface area (Å²) < 4.78 is 5.44. The van der Waals surface area contributed by atoms with E-state index in [1.165, 1.54) is 6.33 Å². The van der Waals surface area contributed by atoms with Crippen LogP contribution >= 0.6 is 0 Å². The Morgan fingerprint density at radius 2 is 2.00 bits per heavy atom. The van der Waals surface area contributed by atoms with Gasteiger partial charge in [-0.1, -0.05) is 18.2 Å². The van der Waals surface area contributed by atoms with Crippen LogP contribution in [0.15, 0.2) is 36.7 Å². The van der Waals surface area contributed by atoms with Crippen molar-refractivity contribution >= 4 is 17.2 Å². The number of hydrogen-bond acceptors (Lipinski definition) is 5. The Labute approximate surface area is 92.5 Å². The molecular formula is C11H10N4O. The Bertz CT molecular complexity index is 515. The molecule has 80 valence electrons. The minimum absolute atomic E-state index is 0.419. The van der Waals surface area contributed by atoms with E-state index in [0.717, 1.165) is 11.4 Å². The Kier molecular flexibility index (Phi) is 1.89. The molecule has 1 aromatic carbocycles. The monoisotopic (exact) mass is 214 g/mol. The maximum atomic E-state index is 5.83. The van der Waals surface area contributed by atoms with Gasteiger partial charge in [0.05, 0.1) is 0 Å². The van der Waals surface area contributed by atoms with Crippen molar-refractivity contribution in [2.24, 2.45) is 0 Å². The van der Waals surface area contributed by atoms with Crippen LogP contribution in [0, 0.1) is 0 Å². The van der Waals surface area contributed by atoms with Crippen molar-refractivity contribution in [1.29, 1.82) is 0 Å². The number of anilines is 3. The number of nitrogen functional groups attached to an aromatic ring is 1. The largest absolute Gasteiger partial charge is 0.454 e. The van der Waals surface area contributed by atoms with Crippen LogP contribution in [0.2, 0.25) is 0 Å². The number of benzene rings is 1. The highest BCUT2D eigenvalue weighted by Gasteiger charge is 2.26. The van der Waals surface area contributed by atoms with E-state index in [1.54, 1.807) is 0 Å². The van der Waals surface area contributed by atoms with Gasteiger partial charge >= 0.3 is 0 Å². The van der Waals surface area contributed by atoms with Crippen molar-refractivity contribution in [2.75, 3.05) is 17.4 Å². The van der Waals surface area contributed by atoms with Gasteiger partial charge < -0.3 is 15.4 Å². The average molecular weight is 214 g/mol. The number of nitrogens with zero attached hydrogens (tertiary/aromatic N) is 3. The van der Waals surface area contributed by atoms with Gasteiger partial charge in [-0.2, -0.15) is 4.98 Å². The SMILES string of the molecule is Nc1ncnc2c1N(c1ccccc1)CO2. The molecule has 0 amide bonds. The fraction of sp³-hybridized carbons (Fsp3) is 0.0909. The smallest absolute Gasteiger partial charge is 0.245 e. The first-order chi connectivity index (χ1) is 7.86. The second-order valence-electron chi connectivity index (χ2n) is 3.45. The summed E-state index contributed by atoms with van der Waals surface area (Å²) in [6.07, 6.45) is 1.41. The zero-order chi connectivity index (χ0) is 11.0.